The highest BCUT2D eigenvalue weighted by Crippen LogP contribution is 2.10. The third-order valence-corrected chi connectivity index (χ3v) is 3.11. The molecule has 0 unspecified atom stereocenters. The van der Waals surface area contributed by atoms with Gasteiger partial charge in [0.15, 0.2) is 0 Å². The normalized spacial score (nSPS) is 19.9. The van der Waals surface area contributed by atoms with Gasteiger partial charge >= 0.3 is 0 Å². The average Bonchev–Trinajstić information content (AvgIpc) is 3.08. The summed E-state index contributed by atoms with van der Waals surface area (Å²) in [5.41, 5.74) is 0.406. The fraction of sp³-hybridized carbons (Fsp3) is 0.538. The molecule has 6 heteroatoms. The molecule has 2 heterocycles. The number of hydrogen-bond acceptors (Lipinski definition) is 4. The van der Waals surface area contributed by atoms with Crippen LogP contribution in [-0.4, -0.2) is 37.6 Å². The topological polar surface area (TPSA) is 80.6 Å². The Balaban J connectivity index is 1.74. The molecule has 2 N–H and O–H groups in total. The number of carbonyl (C=O) groups is 2. The molecule has 1 saturated heterocycles. The summed E-state index contributed by atoms with van der Waals surface area (Å²) in [5, 5.41) is 5.43. The molecule has 0 spiro atoms. The number of nitrogens with one attached hydrogen (secondary N) is 2. The van der Waals surface area contributed by atoms with Crippen LogP contribution in [0.4, 0.5) is 0 Å². The lowest BCUT2D eigenvalue weighted by Gasteiger charge is -2.15. The lowest BCUT2D eigenvalue weighted by atomic mass is 10.1. The Bertz CT molecular complexity index is 424. The van der Waals surface area contributed by atoms with E-state index in [4.69, 9.17) is 9.15 Å². The van der Waals surface area contributed by atoms with E-state index in [1.165, 1.54) is 12.5 Å². The van der Waals surface area contributed by atoms with Gasteiger partial charge in [0.25, 0.3) is 5.91 Å². The van der Waals surface area contributed by atoms with E-state index in [2.05, 4.69) is 10.6 Å². The van der Waals surface area contributed by atoms with Gasteiger partial charge in [-0.1, -0.05) is 0 Å². The Hall–Kier alpha value is -1.82. The van der Waals surface area contributed by atoms with Crippen LogP contribution >= 0.6 is 0 Å². The zero-order chi connectivity index (χ0) is 13.7. The smallest absolute Gasteiger partial charge is 0.255 e. The summed E-state index contributed by atoms with van der Waals surface area (Å²) in [6.07, 6.45) is 3.73. The first kappa shape index (κ1) is 13.6. The van der Waals surface area contributed by atoms with Crippen molar-refractivity contribution < 1.29 is 18.7 Å². The van der Waals surface area contributed by atoms with Crippen molar-refractivity contribution in [1.29, 1.82) is 0 Å². The second-order valence-electron chi connectivity index (χ2n) is 4.68. The summed E-state index contributed by atoms with van der Waals surface area (Å²) in [7, 11) is 0. The summed E-state index contributed by atoms with van der Waals surface area (Å²) >= 11 is 0. The molecule has 1 aromatic rings. The van der Waals surface area contributed by atoms with E-state index >= 15 is 0 Å². The van der Waals surface area contributed by atoms with Crippen molar-refractivity contribution in [2.75, 3.05) is 19.8 Å². The molecule has 6 nitrogen and oxygen atoms in total. The van der Waals surface area contributed by atoms with E-state index in [0.717, 1.165) is 13.0 Å². The highest BCUT2D eigenvalue weighted by molar-refractivity contribution is 5.97. The van der Waals surface area contributed by atoms with Gasteiger partial charge in [-0.2, -0.15) is 0 Å². The Morgan fingerprint density at radius 3 is 3.00 bits per heavy atom. The van der Waals surface area contributed by atoms with Gasteiger partial charge in [0.1, 0.15) is 12.3 Å². The molecule has 2 amide bonds. The molecule has 104 valence electrons. The molecule has 1 aromatic heterocycles. The molecule has 1 aliphatic heterocycles. The van der Waals surface area contributed by atoms with E-state index < -0.39 is 6.04 Å². The zero-order valence-corrected chi connectivity index (χ0v) is 10.8. The summed E-state index contributed by atoms with van der Waals surface area (Å²) in [4.78, 5) is 23.5. The van der Waals surface area contributed by atoms with Gasteiger partial charge < -0.3 is 19.8 Å². The van der Waals surface area contributed by atoms with Gasteiger partial charge in [0, 0.05) is 19.1 Å². The van der Waals surface area contributed by atoms with E-state index in [1.807, 2.05) is 0 Å². The van der Waals surface area contributed by atoms with Crippen molar-refractivity contribution in [2.45, 2.75) is 19.4 Å². The highest BCUT2D eigenvalue weighted by Gasteiger charge is 2.20. The molecule has 0 radical (unpaired) electrons. The summed E-state index contributed by atoms with van der Waals surface area (Å²) in [5.74, 6) is -0.134. The number of hydrogen-bond donors (Lipinski definition) is 2. The molecule has 1 aliphatic rings. The lowest BCUT2D eigenvalue weighted by Crippen LogP contribution is -2.46. The van der Waals surface area contributed by atoms with Crippen LogP contribution in [0.25, 0.3) is 0 Å². The van der Waals surface area contributed by atoms with Crippen LogP contribution in [0.5, 0.6) is 0 Å². The maximum atomic E-state index is 11.8. The van der Waals surface area contributed by atoms with Crippen LogP contribution in [0, 0.1) is 5.92 Å². The minimum atomic E-state index is -0.579. The Kier molecular flexibility index (Phi) is 4.57. The summed E-state index contributed by atoms with van der Waals surface area (Å²) in [6.45, 7) is 3.69. The van der Waals surface area contributed by atoms with Gasteiger partial charge in [0.05, 0.1) is 18.4 Å². The monoisotopic (exact) mass is 266 g/mol. The van der Waals surface area contributed by atoms with Crippen molar-refractivity contribution in [3.8, 4) is 0 Å². The minimum absolute atomic E-state index is 0.191. The van der Waals surface area contributed by atoms with Gasteiger partial charge in [-0.3, -0.25) is 9.59 Å². The second-order valence-corrected chi connectivity index (χ2v) is 4.68. The summed E-state index contributed by atoms with van der Waals surface area (Å²) in [6, 6.07) is 0.972. The molecule has 0 bridgehead atoms. The molecule has 0 aliphatic carbocycles. The predicted octanol–water partition coefficient (Wildman–Crippen LogP) is 0.551. The number of amides is 2. The average molecular weight is 266 g/mol. The molecule has 2 atom stereocenters. The maximum absolute atomic E-state index is 11.8. The van der Waals surface area contributed by atoms with Crippen LogP contribution in [0.2, 0.25) is 0 Å². The molecular weight excluding hydrogens is 248 g/mol. The number of carbonyl (C=O) groups excluding carboxylic acids is 2. The van der Waals surface area contributed by atoms with Crippen LogP contribution in [0.3, 0.4) is 0 Å². The Morgan fingerprint density at radius 1 is 1.53 bits per heavy atom. The molecular formula is C13H18N2O4. The largest absolute Gasteiger partial charge is 0.472 e. The second kappa shape index (κ2) is 6.38. The summed E-state index contributed by atoms with van der Waals surface area (Å²) < 4.78 is 10.0. The fourth-order valence-electron chi connectivity index (χ4n) is 1.88. The van der Waals surface area contributed by atoms with E-state index in [9.17, 15) is 9.59 Å². The van der Waals surface area contributed by atoms with Crippen molar-refractivity contribution in [2.24, 2.45) is 5.92 Å². The first-order chi connectivity index (χ1) is 9.16. The molecule has 1 fully saturated rings. The lowest BCUT2D eigenvalue weighted by molar-refractivity contribution is -0.122. The number of furan rings is 1. The minimum Gasteiger partial charge on any atom is -0.472 e. The third kappa shape index (κ3) is 3.82. The van der Waals surface area contributed by atoms with E-state index in [-0.39, 0.29) is 11.8 Å². The standard InChI is InChI=1S/C13H18N2O4/c1-9(15-13(17)11-3-5-19-8-11)12(16)14-6-10-2-4-18-7-10/h3,5,8-10H,2,4,6-7H2,1H3,(H,14,16)(H,15,17)/t9-,10+/m0/s1. The number of rotatable bonds is 5. The number of ether oxygens (including phenoxy) is 1. The molecule has 2 rings (SSSR count). The van der Waals surface area contributed by atoms with Crippen molar-refractivity contribution >= 4 is 11.8 Å². The van der Waals surface area contributed by atoms with Crippen LogP contribution in [-0.2, 0) is 9.53 Å². The Labute approximate surface area is 111 Å². The highest BCUT2D eigenvalue weighted by atomic mass is 16.5. The van der Waals surface area contributed by atoms with Crippen LogP contribution in [0.15, 0.2) is 23.0 Å². The predicted molar refractivity (Wildman–Crippen MR) is 67.6 cm³/mol. The Morgan fingerprint density at radius 2 is 2.37 bits per heavy atom. The van der Waals surface area contributed by atoms with Gasteiger partial charge in [-0.05, 0) is 19.4 Å². The first-order valence-corrected chi connectivity index (χ1v) is 6.35. The molecule has 0 aromatic carbocycles. The fourth-order valence-corrected chi connectivity index (χ4v) is 1.88. The van der Waals surface area contributed by atoms with Gasteiger partial charge in [-0.25, -0.2) is 0 Å². The van der Waals surface area contributed by atoms with Gasteiger partial charge in [-0.15, -0.1) is 0 Å². The molecule has 19 heavy (non-hydrogen) atoms. The molecule has 0 saturated carbocycles. The third-order valence-electron chi connectivity index (χ3n) is 3.11. The zero-order valence-electron chi connectivity index (χ0n) is 10.8. The van der Waals surface area contributed by atoms with E-state index in [0.29, 0.717) is 24.6 Å². The van der Waals surface area contributed by atoms with E-state index in [1.54, 1.807) is 13.0 Å². The van der Waals surface area contributed by atoms with Crippen molar-refractivity contribution in [3.63, 3.8) is 0 Å². The van der Waals surface area contributed by atoms with Crippen LogP contribution in [0.1, 0.15) is 23.7 Å². The quantitative estimate of drug-likeness (QED) is 0.815. The maximum Gasteiger partial charge on any atom is 0.255 e. The van der Waals surface area contributed by atoms with Gasteiger partial charge in [0.2, 0.25) is 5.91 Å². The van der Waals surface area contributed by atoms with Crippen molar-refractivity contribution in [1.82, 2.24) is 10.6 Å². The SMILES string of the molecule is C[C@H](NC(=O)c1ccoc1)C(=O)NC[C@H]1CCOC1. The first-order valence-electron chi connectivity index (χ1n) is 6.35. The van der Waals surface area contributed by atoms with Crippen molar-refractivity contribution in [3.05, 3.63) is 24.2 Å². The van der Waals surface area contributed by atoms with Crippen LogP contribution < -0.4 is 10.6 Å².